The van der Waals surface area contributed by atoms with Crippen LogP contribution in [0.5, 0.6) is 0 Å². The molecule has 1 amide bonds. The number of nitrogens with zero attached hydrogens (tertiary/aromatic N) is 2. The summed E-state index contributed by atoms with van der Waals surface area (Å²) in [4.78, 5) is 18.4. The molecule has 0 saturated carbocycles. The van der Waals surface area contributed by atoms with Crippen LogP contribution in [0.25, 0.3) is 0 Å². The molecule has 0 fully saturated rings. The Balaban J connectivity index is 2.60. The molecule has 0 spiro atoms. The molecule has 0 radical (unpaired) electrons. The fourth-order valence-corrected chi connectivity index (χ4v) is 1.94. The van der Waals surface area contributed by atoms with Gasteiger partial charge >= 0.3 is 0 Å². The Morgan fingerprint density at radius 2 is 1.71 bits per heavy atom. The van der Waals surface area contributed by atoms with Gasteiger partial charge in [0.25, 0.3) is 0 Å². The van der Waals surface area contributed by atoms with Gasteiger partial charge in [0, 0.05) is 26.2 Å². The van der Waals surface area contributed by atoms with Crippen molar-refractivity contribution in [3.8, 4) is 0 Å². The number of nitrogens with one attached hydrogen (secondary N) is 2. The second-order valence-electron chi connectivity index (χ2n) is 4.62. The molecule has 0 unspecified atom stereocenters. The Hall–Kier alpha value is -2.04. The Bertz CT molecular complexity index is 437. The van der Waals surface area contributed by atoms with Crippen molar-refractivity contribution < 1.29 is 4.79 Å². The molecular weight excluding hydrogens is 264 g/mol. The third-order valence-corrected chi connectivity index (χ3v) is 3.01. The highest BCUT2D eigenvalue weighted by molar-refractivity contribution is 5.84. The van der Waals surface area contributed by atoms with E-state index in [-0.39, 0.29) is 12.5 Å². The van der Waals surface area contributed by atoms with E-state index in [1.54, 1.807) is 0 Å². The Labute approximate surface area is 127 Å². The predicted molar refractivity (Wildman–Crippen MR) is 87.2 cm³/mol. The summed E-state index contributed by atoms with van der Waals surface area (Å²) in [5.41, 5.74) is 1.13. The van der Waals surface area contributed by atoms with Crippen molar-refractivity contribution in [2.45, 2.75) is 27.3 Å². The molecule has 1 rings (SSSR count). The Kier molecular flexibility index (Phi) is 7.94. The average molecular weight is 290 g/mol. The largest absolute Gasteiger partial charge is 0.357 e. The highest BCUT2D eigenvalue weighted by atomic mass is 16.2. The lowest BCUT2D eigenvalue weighted by atomic mass is 10.2. The number of hydrogen-bond acceptors (Lipinski definition) is 2. The quantitative estimate of drug-likeness (QED) is 0.592. The van der Waals surface area contributed by atoms with E-state index >= 15 is 0 Å². The van der Waals surface area contributed by atoms with Crippen molar-refractivity contribution in [3.05, 3.63) is 35.9 Å². The molecule has 0 aromatic heterocycles. The first kappa shape index (κ1) is 17.0. The summed E-state index contributed by atoms with van der Waals surface area (Å²) < 4.78 is 0. The van der Waals surface area contributed by atoms with Crippen LogP contribution in [0, 0.1) is 0 Å². The topological polar surface area (TPSA) is 56.7 Å². The summed E-state index contributed by atoms with van der Waals surface area (Å²) in [6.45, 7) is 9.02. The molecule has 0 saturated heterocycles. The van der Waals surface area contributed by atoms with Crippen LogP contribution in [0.4, 0.5) is 0 Å². The van der Waals surface area contributed by atoms with Gasteiger partial charge < -0.3 is 15.5 Å². The van der Waals surface area contributed by atoms with Crippen LogP contribution in [0.15, 0.2) is 35.3 Å². The van der Waals surface area contributed by atoms with Crippen molar-refractivity contribution in [2.24, 2.45) is 4.99 Å². The van der Waals surface area contributed by atoms with Crippen LogP contribution in [0.3, 0.4) is 0 Å². The van der Waals surface area contributed by atoms with Crippen molar-refractivity contribution in [3.63, 3.8) is 0 Å². The number of guanidine groups is 1. The summed E-state index contributed by atoms with van der Waals surface area (Å²) in [5, 5.41) is 6.23. The fraction of sp³-hybridized carbons (Fsp3) is 0.500. The van der Waals surface area contributed by atoms with Crippen LogP contribution in [-0.2, 0) is 11.3 Å². The molecule has 116 valence electrons. The van der Waals surface area contributed by atoms with E-state index in [1.165, 1.54) is 0 Å². The molecule has 5 heteroatoms. The molecule has 1 aromatic carbocycles. The van der Waals surface area contributed by atoms with E-state index in [0.29, 0.717) is 19.0 Å². The molecule has 0 aliphatic heterocycles. The lowest BCUT2D eigenvalue weighted by Gasteiger charge is -2.20. The number of likely N-dealkylation sites (N-methyl/N-ethyl adjacent to an activating group) is 1. The second-order valence-corrected chi connectivity index (χ2v) is 4.62. The van der Waals surface area contributed by atoms with Gasteiger partial charge in [-0.15, -0.1) is 0 Å². The molecule has 0 aliphatic rings. The van der Waals surface area contributed by atoms with E-state index in [9.17, 15) is 4.79 Å². The van der Waals surface area contributed by atoms with Gasteiger partial charge in [-0.05, 0) is 26.3 Å². The van der Waals surface area contributed by atoms with Gasteiger partial charge in [0.05, 0.1) is 0 Å². The van der Waals surface area contributed by atoms with E-state index < -0.39 is 0 Å². The van der Waals surface area contributed by atoms with Crippen LogP contribution in [0.2, 0.25) is 0 Å². The highest BCUT2D eigenvalue weighted by Gasteiger charge is 2.11. The van der Waals surface area contributed by atoms with Crippen LogP contribution >= 0.6 is 0 Å². The number of rotatable bonds is 7. The van der Waals surface area contributed by atoms with Crippen LogP contribution < -0.4 is 10.6 Å². The first-order valence-corrected chi connectivity index (χ1v) is 7.55. The second kappa shape index (κ2) is 9.80. The molecule has 0 heterocycles. The number of carbonyl (C=O) groups excluding carboxylic acids is 1. The van der Waals surface area contributed by atoms with E-state index in [0.717, 1.165) is 18.7 Å². The van der Waals surface area contributed by atoms with Gasteiger partial charge in [-0.2, -0.15) is 0 Å². The highest BCUT2D eigenvalue weighted by Crippen LogP contribution is 2.04. The van der Waals surface area contributed by atoms with Crippen LogP contribution in [0.1, 0.15) is 26.3 Å². The minimum absolute atomic E-state index is 0.0367. The monoisotopic (exact) mass is 290 g/mol. The molecule has 21 heavy (non-hydrogen) atoms. The average Bonchev–Trinajstić information content (AvgIpc) is 2.51. The Morgan fingerprint density at radius 1 is 1.10 bits per heavy atom. The summed E-state index contributed by atoms with van der Waals surface area (Å²) >= 11 is 0. The van der Waals surface area contributed by atoms with E-state index in [1.807, 2.05) is 56.0 Å². The van der Waals surface area contributed by atoms with Gasteiger partial charge in [-0.1, -0.05) is 30.3 Å². The summed E-state index contributed by atoms with van der Waals surface area (Å²) in [6, 6.07) is 10.0. The van der Waals surface area contributed by atoms with Gasteiger partial charge in [0.15, 0.2) is 5.96 Å². The molecule has 5 nitrogen and oxygen atoms in total. The van der Waals surface area contributed by atoms with Gasteiger partial charge in [-0.25, -0.2) is 4.99 Å². The number of aliphatic imine (C=N–C) groups is 1. The third kappa shape index (κ3) is 6.29. The zero-order valence-electron chi connectivity index (χ0n) is 13.2. The van der Waals surface area contributed by atoms with E-state index in [4.69, 9.17) is 0 Å². The van der Waals surface area contributed by atoms with Crippen molar-refractivity contribution in [2.75, 3.05) is 26.2 Å². The van der Waals surface area contributed by atoms with Crippen molar-refractivity contribution in [1.29, 1.82) is 0 Å². The molecule has 0 aliphatic carbocycles. The smallest absolute Gasteiger partial charge is 0.244 e. The SMILES string of the molecule is CCNC(=NCC(=O)N(CC)Cc1ccccc1)NCC. The van der Waals surface area contributed by atoms with Gasteiger partial charge in [-0.3, -0.25) is 4.79 Å². The lowest BCUT2D eigenvalue weighted by molar-refractivity contribution is -0.130. The number of amides is 1. The zero-order valence-corrected chi connectivity index (χ0v) is 13.2. The van der Waals surface area contributed by atoms with Gasteiger partial charge in [0.1, 0.15) is 6.54 Å². The van der Waals surface area contributed by atoms with Crippen molar-refractivity contribution >= 4 is 11.9 Å². The maximum Gasteiger partial charge on any atom is 0.244 e. The summed E-state index contributed by atoms with van der Waals surface area (Å²) in [7, 11) is 0. The first-order chi connectivity index (χ1) is 10.2. The van der Waals surface area contributed by atoms with Gasteiger partial charge in [0.2, 0.25) is 5.91 Å². The molecule has 0 bridgehead atoms. The zero-order chi connectivity index (χ0) is 15.5. The maximum absolute atomic E-state index is 12.3. The molecular formula is C16H26N4O. The summed E-state index contributed by atoms with van der Waals surface area (Å²) in [6.07, 6.45) is 0. The Morgan fingerprint density at radius 3 is 2.24 bits per heavy atom. The number of benzene rings is 1. The molecule has 2 N–H and O–H groups in total. The maximum atomic E-state index is 12.3. The normalized spacial score (nSPS) is 9.86. The number of hydrogen-bond donors (Lipinski definition) is 2. The molecule has 1 aromatic rings. The molecule has 0 atom stereocenters. The fourth-order valence-electron chi connectivity index (χ4n) is 1.94. The van der Waals surface area contributed by atoms with E-state index in [2.05, 4.69) is 15.6 Å². The minimum atomic E-state index is 0.0367. The standard InChI is InChI=1S/C16H26N4O/c1-4-17-16(18-5-2)19-12-15(21)20(6-3)13-14-10-8-7-9-11-14/h7-11H,4-6,12-13H2,1-3H3,(H2,17,18,19). The minimum Gasteiger partial charge on any atom is -0.357 e. The predicted octanol–water partition coefficient (Wildman–Crippen LogP) is 1.61. The summed E-state index contributed by atoms with van der Waals surface area (Å²) in [5.74, 6) is 0.721. The van der Waals surface area contributed by atoms with Crippen molar-refractivity contribution in [1.82, 2.24) is 15.5 Å². The lowest BCUT2D eigenvalue weighted by Crippen LogP contribution is -2.39. The third-order valence-electron chi connectivity index (χ3n) is 3.01. The van der Waals surface area contributed by atoms with Crippen LogP contribution in [-0.4, -0.2) is 42.9 Å². The first-order valence-electron chi connectivity index (χ1n) is 7.55. The number of carbonyl (C=O) groups is 1.